The monoisotopic (exact) mass is 868 g/mol. The molecular formula is C50H60N8O6. The molecule has 3 aromatic carbocycles. The number of rotatable bonds is 11. The number of benzene rings is 3. The second-order valence-corrected chi connectivity index (χ2v) is 19.1. The summed E-state index contributed by atoms with van der Waals surface area (Å²) < 4.78 is 4.85. The molecule has 64 heavy (non-hydrogen) atoms. The van der Waals surface area contributed by atoms with Crippen molar-refractivity contribution in [1.82, 2.24) is 40.0 Å². The van der Waals surface area contributed by atoms with Gasteiger partial charge in [-0.25, -0.2) is 19.6 Å². The lowest BCUT2D eigenvalue weighted by atomic mass is 9.98. The highest BCUT2D eigenvalue weighted by molar-refractivity contribution is 5.91. The van der Waals surface area contributed by atoms with Crippen molar-refractivity contribution in [2.75, 3.05) is 14.2 Å². The minimum Gasteiger partial charge on any atom is -0.465 e. The van der Waals surface area contributed by atoms with Gasteiger partial charge in [-0.15, -0.1) is 0 Å². The van der Waals surface area contributed by atoms with E-state index in [1.165, 1.54) is 14.2 Å². The average Bonchev–Trinajstić information content (AvgIpc) is 4.14. The Morgan fingerprint density at radius 3 is 1.73 bits per heavy atom. The fourth-order valence-corrected chi connectivity index (χ4v) is 11.5. The van der Waals surface area contributed by atoms with E-state index in [2.05, 4.69) is 75.9 Å². The highest BCUT2D eigenvalue weighted by Crippen LogP contribution is 2.49. The first kappa shape index (κ1) is 43.1. The molecule has 4 heterocycles. The number of alkyl carbamates (subject to hydrolysis) is 1. The number of hydrogen-bond donors (Lipinski definition) is 4. The Bertz CT molecular complexity index is 2550. The van der Waals surface area contributed by atoms with Crippen LogP contribution in [0, 0.1) is 23.7 Å². The van der Waals surface area contributed by atoms with Crippen LogP contribution in [0.3, 0.4) is 0 Å². The van der Waals surface area contributed by atoms with Crippen molar-refractivity contribution in [1.29, 1.82) is 0 Å². The van der Waals surface area contributed by atoms with E-state index in [9.17, 15) is 24.3 Å². The van der Waals surface area contributed by atoms with Crippen molar-refractivity contribution < 1.29 is 29.0 Å². The maximum Gasteiger partial charge on any atom is 0.407 e. The van der Waals surface area contributed by atoms with Crippen molar-refractivity contribution in [3.05, 3.63) is 84.7 Å². The normalized spacial score (nSPS) is 23.7. The van der Waals surface area contributed by atoms with Crippen LogP contribution < -0.4 is 5.32 Å². The van der Waals surface area contributed by atoms with Crippen LogP contribution in [0.15, 0.2) is 73.1 Å². The molecule has 4 fully saturated rings. The zero-order valence-electron chi connectivity index (χ0n) is 37.6. The van der Waals surface area contributed by atoms with Gasteiger partial charge >= 0.3 is 12.2 Å². The Morgan fingerprint density at radius 1 is 0.703 bits per heavy atom. The standard InChI is InChI=1S/C50H60N8O6/c1-27(2)43(55-49(61)64-6)47(59)57-39-11-7-9-35(39)23-41(57)45-51-25-37(53-45)30-15-13-29(14-16-30)31-17-18-33-22-34(20-19-32(33)21-31)38-26-52-46(54-38)42-24-36-10-8-12-40(36)58(42)48(60)44(28(3)4)56(5)50(62)63/h13-22,25-28,35-36,39-44H,7-12,23-24H2,1-6H3,(H,51,53)(H,52,54)(H,55,61)(H,62,63)/t35-,36-,39-,40-,41-,42-,43-,44-/m0/s1. The van der Waals surface area contributed by atoms with Crippen LogP contribution in [0.1, 0.15) is 103 Å². The molecule has 2 aliphatic carbocycles. The number of nitrogens with one attached hydrogen (secondary N) is 3. The molecule has 8 atom stereocenters. The molecular weight excluding hydrogens is 809 g/mol. The van der Waals surface area contributed by atoms with Crippen LogP contribution in [0.25, 0.3) is 44.4 Å². The lowest BCUT2D eigenvalue weighted by Crippen LogP contribution is -2.53. The summed E-state index contributed by atoms with van der Waals surface area (Å²) in [6, 6.07) is 19.5. The highest BCUT2D eigenvalue weighted by Gasteiger charge is 2.51. The summed E-state index contributed by atoms with van der Waals surface area (Å²) in [6.45, 7) is 7.68. The number of aromatic amines is 2. The maximum absolute atomic E-state index is 14.2. The molecule has 9 rings (SSSR count). The number of hydrogen-bond acceptors (Lipinski definition) is 7. The predicted octanol–water partition coefficient (Wildman–Crippen LogP) is 9.19. The zero-order chi connectivity index (χ0) is 45.0. The van der Waals surface area contributed by atoms with E-state index in [1.54, 1.807) is 0 Å². The van der Waals surface area contributed by atoms with Gasteiger partial charge in [-0.1, -0.05) is 89.1 Å². The number of H-pyrrole nitrogens is 2. The maximum atomic E-state index is 14.2. The number of aromatic nitrogens is 4. The van der Waals surface area contributed by atoms with Crippen molar-refractivity contribution in [2.45, 2.75) is 115 Å². The van der Waals surface area contributed by atoms with Crippen molar-refractivity contribution in [2.24, 2.45) is 23.7 Å². The van der Waals surface area contributed by atoms with Crippen LogP contribution in [-0.2, 0) is 14.3 Å². The number of likely N-dealkylation sites (tertiary alicyclic amines) is 2. The SMILES string of the molecule is COC(=O)N[C@H](C(=O)N1[C@H](c2nc(-c3ccc(-c4ccc5cc(-c6c[nH]c([C@@H]7C[C@@H]8CCC[C@@H]8N7C(=O)[C@H](C(C)C)N(C)C(=O)O)n6)ccc5c4)cc3)c[nH]2)C[C@@H]2CCC[C@@H]21)C(C)C. The van der Waals surface area contributed by atoms with Crippen LogP contribution in [-0.4, -0.2) is 102 Å². The second-order valence-electron chi connectivity index (χ2n) is 19.1. The zero-order valence-corrected chi connectivity index (χ0v) is 37.6. The number of carboxylic acid groups (broad SMARTS) is 1. The van der Waals surface area contributed by atoms with Crippen molar-refractivity contribution in [3.8, 4) is 33.6 Å². The largest absolute Gasteiger partial charge is 0.465 e. The molecule has 0 unspecified atom stereocenters. The topological polar surface area (TPSA) is 177 Å². The van der Waals surface area contributed by atoms with Gasteiger partial charge in [0.15, 0.2) is 0 Å². The molecule has 0 spiro atoms. The molecule has 4 N–H and O–H groups in total. The van der Waals surface area contributed by atoms with Gasteiger partial charge in [0.25, 0.3) is 0 Å². The van der Waals surface area contributed by atoms with Gasteiger partial charge in [0, 0.05) is 42.7 Å². The Kier molecular flexibility index (Phi) is 11.7. The van der Waals surface area contributed by atoms with E-state index >= 15 is 0 Å². The number of amides is 4. The molecule has 2 aromatic heterocycles. The van der Waals surface area contributed by atoms with Gasteiger partial charge < -0.3 is 34.9 Å². The number of methoxy groups -OCH3 is 1. The second kappa shape index (κ2) is 17.4. The Labute approximate surface area is 374 Å². The third kappa shape index (κ3) is 7.89. The van der Waals surface area contributed by atoms with Crippen molar-refractivity contribution in [3.63, 3.8) is 0 Å². The summed E-state index contributed by atoms with van der Waals surface area (Å²) in [4.78, 5) is 74.6. The number of likely N-dealkylation sites (N-methyl/N-ethyl adjacent to an activating group) is 1. The number of nitrogens with zero attached hydrogens (tertiary/aromatic N) is 5. The van der Waals surface area contributed by atoms with Gasteiger partial charge in [-0.3, -0.25) is 14.5 Å². The molecule has 14 heteroatoms. The molecule has 4 aliphatic rings. The third-order valence-corrected chi connectivity index (χ3v) is 14.7. The van der Waals surface area contributed by atoms with Crippen LogP contribution >= 0.6 is 0 Å². The predicted molar refractivity (Wildman–Crippen MR) is 244 cm³/mol. The van der Waals surface area contributed by atoms with E-state index in [-0.39, 0.29) is 47.8 Å². The van der Waals surface area contributed by atoms with E-state index in [0.717, 1.165) is 112 Å². The van der Waals surface area contributed by atoms with Crippen LogP contribution in [0.2, 0.25) is 0 Å². The fourth-order valence-electron chi connectivity index (χ4n) is 11.5. The molecule has 14 nitrogen and oxygen atoms in total. The van der Waals surface area contributed by atoms with E-state index in [1.807, 2.05) is 49.9 Å². The number of carbonyl (C=O) groups excluding carboxylic acids is 3. The molecule has 336 valence electrons. The van der Waals surface area contributed by atoms with Gasteiger partial charge in [0.2, 0.25) is 11.8 Å². The quantitative estimate of drug-likeness (QED) is 0.102. The van der Waals surface area contributed by atoms with E-state index in [0.29, 0.717) is 11.8 Å². The Balaban J connectivity index is 0.904. The number of carbonyl (C=O) groups is 4. The number of imidazole rings is 2. The summed E-state index contributed by atoms with van der Waals surface area (Å²) in [6.07, 6.45) is 9.95. The summed E-state index contributed by atoms with van der Waals surface area (Å²) >= 11 is 0. The molecule has 2 saturated heterocycles. The summed E-state index contributed by atoms with van der Waals surface area (Å²) in [5.74, 6) is 1.79. The first-order chi connectivity index (χ1) is 30.8. The molecule has 2 aliphatic heterocycles. The molecule has 4 amide bonds. The third-order valence-electron chi connectivity index (χ3n) is 14.7. The highest BCUT2D eigenvalue weighted by atomic mass is 16.5. The van der Waals surface area contributed by atoms with Crippen molar-refractivity contribution >= 4 is 34.8 Å². The average molecular weight is 869 g/mol. The van der Waals surface area contributed by atoms with Gasteiger partial charge in [-0.2, -0.15) is 0 Å². The first-order valence-electron chi connectivity index (χ1n) is 23.0. The number of ether oxygens (including phenoxy) is 1. The molecule has 5 aromatic rings. The summed E-state index contributed by atoms with van der Waals surface area (Å²) in [5, 5.41) is 14.8. The lowest BCUT2D eigenvalue weighted by Gasteiger charge is -2.36. The first-order valence-corrected chi connectivity index (χ1v) is 23.0. The summed E-state index contributed by atoms with van der Waals surface area (Å²) in [5.41, 5.74) is 5.73. The van der Waals surface area contributed by atoms with Crippen LogP contribution in [0.4, 0.5) is 9.59 Å². The van der Waals surface area contributed by atoms with Crippen LogP contribution in [0.5, 0.6) is 0 Å². The smallest absolute Gasteiger partial charge is 0.407 e. The summed E-state index contributed by atoms with van der Waals surface area (Å²) in [7, 11) is 2.80. The van der Waals surface area contributed by atoms with E-state index in [4.69, 9.17) is 14.7 Å². The molecule has 2 saturated carbocycles. The minimum absolute atomic E-state index is 0.0866. The number of fused-ring (bicyclic) bond motifs is 3. The van der Waals surface area contributed by atoms with Gasteiger partial charge in [0.05, 0.1) is 30.6 Å². The Morgan fingerprint density at radius 2 is 1.20 bits per heavy atom. The van der Waals surface area contributed by atoms with E-state index < -0.39 is 24.3 Å². The van der Waals surface area contributed by atoms with Gasteiger partial charge in [0.1, 0.15) is 23.7 Å². The minimum atomic E-state index is -1.11. The fraction of sp³-hybridized carbons (Fsp3) is 0.480. The lowest BCUT2D eigenvalue weighted by molar-refractivity contribution is -0.141. The van der Waals surface area contributed by atoms with Gasteiger partial charge in [-0.05, 0) is 96.2 Å². The molecule has 0 radical (unpaired) electrons. The molecule has 0 bridgehead atoms. The Hall–Kier alpha value is -6.18.